The molecule has 0 bridgehead atoms. The van der Waals surface area contributed by atoms with Crippen LogP contribution in [0, 0.1) is 10.1 Å². The van der Waals surface area contributed by atoms with Crippen LogP contribution in [0.5, 0.6) is 0 Å². The van der Waals surface area contributed by atoms with Gasteiger partial charge in [-0.05, 0) is 12.5 Å². The number of nitrogens with one attached hydrogen (secondary N) is 2. The molecule has 0 atom stereocenters. The summed E-state index contributed by atoms with van der Waals surface area (Å²) < 4.78 is 35.7. The Hall–Kier alpha value is -2.32. The van der Waals surface area contributed by atoms with Crippen molar-refractivity contribution in [3.05, 3.63) is 33.9 Å². The van der Waals surface area contributed by atoms with Gasteiger partial charge in [-0.2, -0.15) is 13.2 Å². The van der Waals surface area contributed by atoms with Gasteiger partial charge >= 0.3 is 6.18 Å². The number of halogens is 3. The molecule has 0 aliphatic rings. The molecule has 1 aromatic rings. The Bertz CT molecular complexity index is 532. The van der Waals surface area contributed by atoms with E-state index in [9.17, 15) is 28.1 Å². The van der Waals surface area contributed by atoms with E-state index in [0.29, 0.717) is 17.7 Å². The second kappa shape index (κ2) is 6.91. The van der Waals surface area contributed by atoms with Gasteiger partial charge in [0.2, 0.25) is 5.91 Å². The Labute approximate surface area is 118 Å². The number of carbonyl (C=O) groups excluding carboxylic acids is 1. The number of nitro benzene ring substituents is 1. The SMILES string of the molecule is CCc1ccc(NCC(=O)NCC(F)(F)F)cc1[N+](=O)[O-]. The summed E-state index contributed by atoms with van der Waals surface area (Å²) in [7, 11) is 0. The molecule has 0 heterocycles. The lowest BCUT2D eigenvalue weighted by atomic mass is 10.1. The van der Waals surface area contributed by atoms with Gasteiger partial charge in [-0.15, -0.1) is 0 Å². The van der Waals surface area contributed by atoms with Gasteiger partial charge in [0.25, 0.3) is 5.69 Å². The van der Waals surface area contributed by atoms with Gasteiger partial charge in [-0.25, -0.2) is 0 Å². The molecule has 1 aromatic carbocycles. The number of carbonyl (C=O) groups is 1. The average molecular weight is 305 g/mol. The molecule has 1 rings (SSSR count). The van der Waals surface area contributed by atoms with Crippen molar-refractivity contribution in [1.29, 1.82) is 0 Å². The van der Waals surface area contributed by atoms with Crippen LogP contribution in [0.3, 0.4) is 0 Å². The molecule has 0 fully saturated rings. The standard InChI is InChI=1S/C12H14F3N3O3/c1-2-8-3-4-9(5-10(8)18(20)21)16-6-11(19)17-7-12(13,14)15/h3-5,16H,2,6-7H2,1H3,(H,17,19). The maximum absolute atomic E-state index is 11.9. The van der Waals surface area contributed by atoms with Crippen molar-refractivity contribution >= 4 is 17.3 Å². The van der Waals surface area contributed by atoms with Crippen LogP contribution in [0.15, 0.2) is 18.2 Å². The van der Waals surface area contributed by atoms with E-state index >= 15 is 0 Å². The number of hydrogen-bond acceptors (Lipinski definition) is 4. The summed E-state index contributed by atoms with van der Waals surface area (Å²) >= 11 is 0. The van der Waals surface area contributed by atoms with Gasteiger partial charge in [0, 0.05) is 17.3 Å². The van der Waals surface area contributed by atoms with E-state index < -0.39 is 30.1 Å². The number of hydrogen-bond donors (Lipinski definition) is 2. The van der Waals surface area contributed by atoms with E-state index in [-0.39, 0.29) is 5.69 Å². The second-order valence-corrected chi connectivity index (χ2v) is 4.20. The minimum atomic E-state index is -4.47. The average Bonchev–Trinajstić information content (AvgIpc) is 2.41. The van der Waals surface area contributed by atoms with Crippen molar-refractivity contribution in [3.8, 4) is 0 Å². The highest BCUT2D eigenvalue weighted by Gasteiger charge is 2.27. The van der Waals surface area contributed by atoms with Gasteiger partial charge < -0.3 is 10.6 Å². The monoisotopic (exact) mass is 305 g/mol. The van der Waals surface area contributed by atoms with E-state index in [2.05, 4.69) is 5.32 Å². The number of aryl methyl sites for hydroxylation is 1. The van der Waals surface area contributed by atoms with E-state index in [1.807, 2.05) is 0 Å². The van der Waals surface area contributed by atoms with Crippen LogP contribution in [-0.4, -0.2) is 30.1 Å². The maximum Gasteiger partial charge on any atom is 0.405 e. The van der Waals surface area contributed by atoms with Crippen LogP contribution >= 0.6 is 0 Å². The molecule has 0 aromatic heterocycles. The fourth-order valence-electron chi connectivity index (χ4n) is 1.59. The fraction of sp³-hybridized carbons (Fsp3) is 0.417. The van der Waals surface area contributed by atoms with Gasteiger partial charge in [-0.1, -0.05) is 13.0 Å². The Balaban J connectivity index is 2.62. The predicted octanol–water partition coefficient (Wildman–Crippen LogP) is 2.25. The molecule has 0 unspecified atom stereocenters. The first-order valence-corrected chi connectivity index (χ1v) is 6.07. The summed E-state index contributed by atoms with van der Waals surface area (Å²) in [5.41, 5.74) is 0.728. The Morgan fingerprint density at radius 3 is 2.57 bits per heavy atom. The van der Waals surface area contributed by atoms with Crippen molar-refractivity contribution in [2.75, 3.05) is 18.4 Å². The molecule has 1 amide bonds. The van der Waals surface area contributed by atoms with Crippen LogP contribution in [0.25, 0.3) is 0 Å². The second-order valence-electron chi connectivity index (χ2n) is 4.20. The zero-order valence-electron chi connectivity index (χ0n) is 11.2. The van der Waals surface area contributed by atoms with Crippen LogP contribution in [0.4, 0.5) is 24.5 Å². The predicted molar refractivity (Wildman–Crippen MR) is 70.0 cm³/mol. The summed E-state index contributed by atoms with van der Waals surface area (Å²) in [6.45, 7) is -0.0544. The molecule has 0 aliphatic carbocycles. The number of benzene rings is 1. The topological polar surface area (TPSA) is 84.3 Å². The molecule has 6 nitrogen and oxygen atoms in total. The number of rotatable bonds is 6. The van der Waals surface area contributed by atoms with E-state index in [4.69, 9.17) is 0 Å². The van der Waals surface area contributed by atoms with Crippen LogP contribution in [0.1, 0.15) is 12.5 Å². The summed E-state index contributed by atoms with van der Waals surface area (Å²) in [5.74, 6) is -0.852. The molecule has 0 spiro atoms. The molecule has 0 saturated heterocycles. The van der Waals surface area contributed by atoms with Crippen LogP contribution < -0.4 is 10.6 Å². The Morgan fingerprint density at radius 1 is 1.38 bits per heavy atom. The first-order chi connectivity index (χ1) is 9.73. The molecule has 2 N–H and O–H groups in total. The lowest BCUT2D eigenvalue weighted by molar-refractivity contribution is -0.385. The quantitative estimate of drug-likeness (QED) is 0.623. The van der Waals surface area contributed by atoms with Crippen molar-refractivity contribution in [2.45, 2.75) is 19.5 Å². The highest BCUT2D eigenvalue weighted by atomic mass is 19.4. The minimum Gasteiger partial charge on any atom is -0.376 e. The number of nitro groups is 1. The summed E-state index contributed by atoms with van der Waals surface area (Å²) in [6.07, 6.45) is -4.00. The van der Waals surface area contributed by atoms with E-state index in [1.165, 1.54) is 18.2 Å². The van der Waals surface area contributed by atoms with Crippen LogP contribution in [-0.2, 0) is 11.2 Å². The van der Waals surface area contributed by atoms with Crippen molar-refractivity contribution < 1.29 is 22.9 Å². The third-order valence-corrected chi connectivity index (χ3v) is 2.60. The summed E-state index contributed by atoms with van der Waals surface area (Å²) in [6, 6.07) is 4.31. The van der Waals surface area contributed by atoms with E-state index in [0.717, 1.165) is 0 Å². The largest absolute Gasteiger partial charge is 0.405 e. The van der Waals surface area contributed by atoms with Crippen LogP contribution in [0.2, 0.25) is 0 Å². The highest BCUT2D eigenvalue weighted by Crippen LogP contribution is 2.23. The van der Waals surface area contributed by atoms with E-state index in [1.54, 1.807) is 12.2 Å². The normalized spacial score (nSPS) is 11.0. The van der Waals surface area contributed by atoms with Gasteiger partial charge in [0.05, 0.1) is 11.5 Å². The molecule has 0 saturated carbocycles. The Kier molecular flexibility index (Phi) is 5.51. The Morgan fingerprint density at radius 2 is 2.05 bits per heavy atom. The third-order valence-electron chi connectivity index (χ3n) is 2.60. The van der Waals surface area contributed by atoms with Gasteiger partial charge in [0.15, 0.2) is 0 Å². The highest BCUT2D eigenvalue weighted by molar-refractivity contribution is 5.80. The number of nitrogens with zero attached hydrogens (tertiary/aromatic N) is 1. The number of alkyl halides is 3. The molecular formula is C12H14F3N3O3. The fourth-order valence-corrected chi connectivity index (χ4v) is 1.59. The van der Waals surface area contributed by atoms with Crippen molar-refractivity contribution in [2.24, 2.45) is 0 Å². The molecule has 116 valence electrons. The first kappa shape index (κ1) is 16.7. The molecule has 0 radical (unpaired) electrons. The molecule has 9 heteroatoms. The number of amides is 1. The lowest BCUT2D eigenvalue weighted by Crippen LogP contribution is -2.37. The van der Waals surface area contributed by atoms with Gasteiger partial charge in [0.1, 0.15) is 6.54 Å². The lowest BCUT2D eigenvalue weighted by Gasteiger charge is -2.10. The molecule has 21 heavy (non-hydrogen) atoms. The molecule has 0 aliphatic heterocycles. The number of anilines is 1. The minimum absolute atomic E-state index is 0.0989. The third kappa shape index (κ3) is 5.67. The van der Waals surface area contributed by atoms with Gasteiger partial charge in [-0.3, -0.25) is 14.9 Å². The first-order valence-electron chi connectivity index (χ1n) is 6.07. The van der Waals surface area contributed by atoms with Crippen molar-refractivity contribution in [3.63, 3.8) is 0 Å². The van der Waals surface area contributed by atoms with Crippen molar-refractivity contribution in [1.82, 2.24) is 5.32 Å². The zero-order chi connectivity index (χ0) is 16.0. The smallest absolute Gasteiger partial charge is 0.376 e. The summed E-state index contributed by atoms with van der Waals surface area (Å²) in [4.78, 5) is 21.5. The summed E-state index contributed by atoms with van der Waals surface area (Å²) in [5, 5.41) is 15.1. The zero-order valence-corrected chi connectivity index (χ0v) is 11.2. The maximum atomic E-state index is 11.9. The molecular weight excluding hydrogens is 291 g/mol.